The van der Waals surface area contributed by atoms with Crippen molar-refractivity contribution >= 4 is 0 Å². The molecule has 2 aromatic rings. The third-order valence-corrected chi connectivity index (χ3v) is 2.56. The molecule has 2 aromatic carbocycles. The van der Waals surface area contributed by atoms with Crippen molar-refractivity contribution in [3.05, 3.63) is 59.4 Å². The fourth-order valence-electron chi connectivity index (χ4n) is 1.78. The van der Waals surface area contributed by atoms with Crippen molar-refractivity contribution in [1.82, 2.24) is 0 Å². The Morgan fingerprint density at radius 1 is 0.889 bits per heavy atom. The Morgan fingerprint density at radius 2 is 1.61 bits per heavy atom. The van der Waals surface area contributed by atoms with Crippen LogP contribution in [0.3, 0.4) is 0 Å². The second kappa shape index (κ2) is 4.44. The monoisotopic (exact) mass is 254 g/mol. The fourth-order valence-corrected chi connectivity index (χ4v) is 1.78. The van der Waals surface area contributed by atoms with Crippen LogP contribution < -0.4 is 0 Å². The summed E-state index contributed by atoms with van der Waals surface area (Å²) in [4.78, 5) is 0. The molecule has 0 unspecified atom stereocenters. The molecule has 0 saturated heterocycles. The summed E-state index contributed by atoms with van der Waals surface area (Å²) >= 11 is 0. The van der Waals surface area contributed by atoms with Crippen LogP contribution in [0.1, 0.15) is 11.1 Å². The van der Waals surface area contributed by atoms with E-state index in [9.17, 15) is 17.6 Å². The number of halogens is 4. The second-order valence-electron chi connectivity index (χ2n) is 4.10. The summed E-state index contributed by atoms with van der Waals surface area (Å²) in [5, 5.41) is 0. The van der Waals surface area contributed by atoms with E-state index in [1.165, 1.54) is 18.2 Å². The Balaban J connectivity index is 2.55. The maximum Gasteiger partial charge on any atom is 0.416 e. The summed E-state index contributed by atoms with van der Waals surface area (Å²) in [6, 6.07) is 9.23. The van der Waals surface area contributed by atoms with Crippen molar-refractivity contribution in [3.63, 3.8) is 0 Å². The number of alkyl halides is 3. The Labute approximate surface area is 102 Å². The lowest BCUT2D eigenvalue weighted by Gasteiger charge is -2.10. The second-order valence-corrected chi connectivity index (χ2v) is 4.10. The molecule has 0 amide bonds. The number of rotatable bonds is 1. The molecule has 0 fully saturated rings. The molecule has 2 rings (SSSR count). The van der Waals surface area contributed by atoms with Gasteiger partial charge < -0.3 is 0 Å². The summed E-state index contributed by atoms with van der Waals surface area (Å²) in [6.45, 7) is 1.58. The highest BCUT2D eigenvalue weighted by Crippen LogP contribution is 2.33. The normalized spacial score (nSPS) is 11.6. The van der Waals surface area contributed by atoms with Gasteiger partial charge in [0.05, 0.1) is 5.56 Å². The summed E-state index contributed by atoms with van der Waals surface area (Å²) in [5.41, 5.74) is 0.567. The van der Waals surface area contributed by atoms with Crippen LogP contribution in [0.2, 0.25) is 0 Å². The van der Waals surface area contributed by atoms with Crippen molar-refractivity contribution < 1.29 is 17.6 Å². The molecule has 0 heterocycles. The molecule has 0 atom stereocenters. The van der Waals surface area contributed by atoms with Crippen LogP contribution in [0.15, 0.2) is 42.5 Å². The predicted octanol–water partition coefficient (Wildman–Crippen LogP) is 4.82. The number of hydrogen-bond donors (Lipinski definition) is 0. The van der Waals surface area contributed by atoms with E-state index in [1.54, 1.807) is 19.1 Å². The van der Waals surface area contributed by atoms with Crippen molar-refractivity contribution in [1.29, 1.82) is 0 Å². The molecule has 0 aliphatic carbocycles. The van der Waals surface area contributed by atoms with E-state index in [-0.39, 0.29) is 0 Å². The molecular formula is C14H10F4. The van der Waals surface area contributed by atoms with E-state index < -0.39 is 17.6 Å². The zero-order valence-electron chi connectivity index (χ0n) is 9.55. The maximum atomic E-state index is 13.1. The van der Waals surface area contributed by atoms with Crippen LogP contribution >= 0.6 is 0 Å². The first-order valence-corrected chi connectivity index (χ1v) is 5.31. The van der Waals surface area contributed by atoms with Crippen molar-refractivity contribution in [3.8, 4) is 11.1 Å². The van der Waals surface area contributed by atoms with Gasteiger partial charge in [-0.3, -0.25) is 0 Å². The third-order valence-electron chi connectivity index (χ3n) is 2.56. The van der Waals surface area contributed by atoms with Gasteiger partial charge in [0.2, 0.25) is 0 Å². The Kier molecular flexibility index (Phi) is 3.11. The van der Waals surface area contributed by atoms with E-state index in [4.69, 9.17) is 0 Å². The quantitative estimate of drug-likeness (QED) is 0.640. The molecule has 0 aromatic heterocycles. The Hall–Kier alpha value is -1.84. The molecule has 0 N–H and O–H groups in total. The summed E-state index contributed by atoms with van der Waals surface area (Å²) in [5.74, 6) is -0.470. The molecule has 0 spiro atoms. The van der Waals surface area contributed by atoms with Crippen LogP contribution in [-0.2, 0) is 6.18 Å². The molecule has 0 nitrogen and oxygen atoms in total. The van der Waals surface area contributed by atoms with E-state index in [1.807, 2.05) is 0 Å². The van der Waals surface area contributed by atoms with Gasteiger partial charge in [0.1, 0.15) is 5.82 Å². The topological polar surface area (TPSA) is 0 Å². The summed E-state index contributed by atoms with van der Waals surface area (Å²) < 4.78 is 51.1. The average Bonchev–Trinajstić information content (AvgIpc) is 2.27. The molecule has 4 heteroatoms. The summed E-state index contributed by atoms with van der Waals surface area (Å²) in [7, 11) is 0. The highest BCUT2D eigenvalue weighted by atomic mass is 19.4. The van der Waals surface area contributed by atoms with Gasteiger partial charge in [-0.2, -0.15) is 13.2 Å². The van der Waals surface area contributed by atoms with Gasteiger partial charge in [0.25, 0.3) is 0 Å². The lowest BCUT2D eigenvalue weighted by atomic mass is 10.00. The van der Waals surface area contributed by atoms with Gasteiger partial charge in [-0.1, -0.05) is 18.2 Å². The standard InChI is InChI=1S/C14H10F4/c1-9-5-11(7-12(6-9)14(16,17)18)10-3-2-4-13(15)8-10/h2-8H,1H3. The SMILES string of the molecule is Cc1cc(-c2cccc(F)c2)cc(C(F)(F)F)c1. The number of aryl methyl sites for hydroxylation is 1. The lowest BCUT2D eigenvalue weighted by Crippen LogP contribution is -2.05. The maximum absolute atomic E-state index is 13.1. The molecule has 18 heavy (non-hydrogen) atoms. The Morgan fingerprint density at radius 3 is 2.22 bits per heavy atom. The Bertz CT molecular complexity index is 570. The first-order valence-electron chi connectivity index (χ1n) is 5.31. The minimum atomic E-state index is -4.39. The fraction of sp³-hybridized carbons (Fsp3) is 0.143. The van der Waals surface area contributed by atoms with Crippen LogP contribution in [-0.4, -0.2) is 0 Å². The summed E-state index contributed by atoms with van der Waals surface area (Å²) in [6.07, 6.45) is -4.39. The zero-order valence-corrected chi connectivity index (χ0v) is 9.55. The number of hydrogen-bond acceptors (Lipinski definition) is 0. The smallest absolute Gasteiger partial charge is 0.207 e. The molecule has 0 aliphatic rings. The molecular weight excluding hydrogens is 244 g/mol. The van der Waals surface area contributed by atoms with Gasteiger partial charge >= 0.3 is 6.18 Å². The van der Waals surface area contributed by atoms with Crippen LogP contribution in [0.25, 0.3) is 11.1 Å². The first kappa shape index (κ1) is 12.6. The van der Waals surface area contributed by atoms with Gasteiger partial charge in [0, 0.05) is 0 Å². The lowest BCUT2D eigenvalue weighted by molar-refractivity contribution is -0.137. The van der Waals surface area contributed by atoms with E-state index in [0.29, 0.717) is 16.7 Å². The van der Waals surface area contributed by atoms with Gasteiger partial charge in [-0.15, -0.1) is 0 Å². The van der Waals surface area contributed by atoms with E-state index in [2.05, 4.69) is 0 Å². The van der Waals surface area contributed by atoms with Crippen LogP contribution in [0.5, 0.6) is 0 Å². The van der Waals surface area contributed by atoms with Gasteiger partial charge in [-0.05, 0) is 47.9 Å². The van der Waals surface area contributed by atoms with Gasteiger partial charge in [0.15, 0.2) is 0 Å². The van der Waals surface area contributed by atoms with E-state index in [0.717, 1.165) is 12.1 Å². The minimum Gasteiger partial charge on any atom is -0.207 e. The van der Waals surface area contributed by atoms with Gasteiger partial charge in [-0.25, -0.2) is 4.39 Å². The molecule has 0 saturated carbocycles. The largest absolute Gasteiger partial charge is 0.416 e. The highest BCUT2D eigenvalue weighted by Gasteiger charge is 2.30. The van der Waals surface area contributed by atoms with Crippen molar-refractivity contribution in [2.24, 2.45) is 0 Å². The van der Waals surface area contributed by atoms with Crippen molar-refractivity contribution in [2.45, 2.75) is 13.1 Å². The average molecular weight is 254 g/mol. The zero-order chi connectivity index (χ0) is 13.3. The van der Waals surface area contributed by atoms with Crippen LogP contribution in [0.4, 0.5) is 17.6 Å². The minimum absolute atomic E-state index is 0.363. The molecule has 94 valence electrons. The number of benzene rings is 2. The van der Waals surface area contributed by atoms with Crippen LogP contribution in [0, 0.1) is 12.7 Å². The first-order chi connectivity index (χ1) is 8.36. The third kappa shape index (κ3) is 2.70. The molecule has 0 aliphatic heterocycles. The molecule has 0 bridgehead atoms. The van der Waals surface area contributed by atoms with Crippen molar-refractivity contribution in [2.75, 3.05) is 0 Å². The highest BCUT2D eigenvalue weighted by molar-refractivity contribution is 5.65. The predicted molar refractivity (Wildman–Crippen MR) is 61.6 cm³/mol. The van der Waals surface area contributed by atoms with E-state index >= 15 is 0 Å². The molecule has 0 radical (unpaired) electrons.